The number of nitrogens with one attached hydrogen (secondary N) is 1. The molecule has 0 fully saturated rings. The van der Waals surface area contributed by atoms with E-state index in [0.29, 0.717) is 5.02 Å². The summed E-state index contributed by atoms with van der Waals surface area (Å²) in [4.78, 5) is 12.3. The van der Waals surface area contributed by atoms with Gasteiger partial charge in [0.2, 0.25) is 5.91 Å². The van der Waals surface area contributed by atoms with Crippen LogP contribution in [0.5, 0.6) is 0 Å². The minimum absolute atomic E-state index is 0.00325. The molecule has 0 aromatic heterocycles. The molecule has 0 saturated carbocycles. The molecule has 3 heteroatoms. The van der Waals surface area contributed by atoms with E-state index in [1.807, 2.05) is 68.4 Å². The van der Waals surface area contributed by atoms with Gasteiger partial charge in [0.05, 0.1) is 6.04 Å². The van der Waals surface area contributed by atoms with Gasteiger partial charge >= 0.3 is 0 Å². The number of hydrogen-bond acceptors (Lipinski definition) is 1. The summed E-state index contributed by atoms with van der Waals surface area (Å²) in [7, 11) is 0. The molecule has 2 nitrogen and oxygen atoms in total. The maximum Gasteiger partial charge on any atom is 0.223 e. The van der Waals surface area contributed by atoms with Crippen LogP contribution in [-0.4, -0.2) is 5.91 Å². The molecule has 2 rings (SSSR count). The van der Waals surface area contributed by atoms with Crippen molar-refractivity contribution >= 4 is 17.5 Å². The van der Waals surface area contributed by atoms with Gasteiger partial charge in [0, 0.05) is 10.9 Å². The predicted octanol–water partition coefficient (Wildman–Crippen LogP) is 4.59. The fourth-order valence-electron chi connectivity index (χ4n) is 2.13. The van der Waals surface area contributed by atoms with Crippen LogP contribution in [0.4, 0.5) is 0 Å². The summed E-state index contributed by atoms with van der Waals surface area (Å²) in [5.41, 5.74) is 2.10. The molecule has 2 aromatic carbocycles. The van der Waals surface area contributed by atoms with Gasteiger partial charge in [-0.25, -0.2) is 0 Å². The van der Waals surface area contributed by atoms with Crippen molar-refractivity contribution in [3.8, 4) is 0 Å². The zero-order valence-corrected chi connectivity index (χ0v) is 13.1. The van der Waals surface area contributed by atoms with Crippen molar-refractivity contribution in [3.05, 3.63) is 70.7 Å². The second-order valence-corrected chi connectivity index (χ2v) is 5.65. The third-order valence-electron chi connectivity index (χ3n) is 3.68. The molecule has 0 aliphatic carbocycles. The Bertz CT molecular complexity index is 580. The number of hydrogen-bond donors (Lipinski definition) is 1. The lowest BCUT2D eigenvalue weighted by molar-refractivity contribution is -0.125. The van der Waals surface area contributed by atoms with E-state index >= 15 is 0 Å². The van der Waals surface area contributed by atoms with Crippen molar-refractivity contribution in [2.45, 2.75) is 26.3 Å². The third kappa shape index (κ3) is 4.08. The molecule has 0 aliphatic heterocycles. The van der Waals surface area contributed by atoms with Crippen molar-refractivity contribution in [2.75, 3.05) is 0 Å². The minimum atomic E-state index is -0.148. The molecule has 0 saturated heterocycles. The fourth-order valence-corrected chi connectivity index (χ4v) is 2.26. The topological polar surface area (TPSA) is 29.1 Å². The van der Waals surface area contributed by atoms with Gasteiger partial charge < -0.3 is 5.32 Å². The first kappa shape index (κ1) is 15.6. The Balaban J connectivity index is 2.31. The average molecular weight is 302 g/mol. The smallest absolute Gasteiger partial charge is 0.223 e. The van der Waals surface area contributed by atoms with E-state index in [2.05, 4.69) is 5.32 Å². The Morgan fingerprint density at radius 3 is 2.19 bits per heavy atom. The number of carbonyl (C=O) groups excluding carboxylic acids is 1. The first-order valence-electron chi connectivity index (χ1n) is 7.22. The Labute approximate surface area is 131 Å². The Morgan fingerprint density at radius 1 is 1.05 bits per heavy atom. The molecular weight excluding hydrogens is 282 g/mol. The van der Waals surface area contributed by atoms with Crippen molar-refractivity contribution in [3.63, 3.8) is 0 Å². The molecule has 2 unspecified atom stereocenters. The van der Waals surface area contributed by atoms with Gasteiger partial charge in [-0.05, 0) is 29.7 Å². The lowest BCUT2D eigenvalue weighted by Gasteiger charge is -2.22. The van der Waals surface area contributed by atoms with Crippen LogP contribution in [-0.2, 0) is 4.79 Å². The summed E-state index contributed by atoms with van der Waals surface area (Å²) in [6.45, 7) is 3.96. The summed E-state index contributed by atoms with van der Waals surface area (Å²) in [6, 6.07) is 17.4. The molecule has 1 N–H and O–H groups in total. The summed E-state index contributed by atoms with van der Waals surface area (Å²) in [6.07, 6.45) is 0.827. The normalized spacial score (nSPS) is 13.5. The number of rotatable bonds is 5. The maximum atomic E-state index is 12.3. The van der Waals surface area contributed by atoms with Gasteiger partial charge in [-0.3, -0.25) is 4.79 Å². The highest BCUT2D eigenvalue weighted by Gasteiger charge is 2.19. The van der Waals surface area contributed by atoms with E-state index in [4.69, 9.17) is 11.6 Å². The summed E-state index contributed by atoms with van der Waals surface area (Å²) >= 11 is 5.95. The van der Waals surface area contributed by atoms with Gasteiger partial charge in [-0.2, -0.15) is 0 Å². The SMILES string of the molecule is CCC(C)C(=O)NC(c1ccccc1)c1ccc(Cl)cc1. The molecule has 0 radical (unpaired) electrons. The number of halogens is 1. The molecule has 21 heavy (non-hydrogen) atoms. The van der Waals surface area contributed by atoms with Crippen LogP contribution in [0.2, 0.25) is 5.02 Å². The van der Waals surface area contributed by atoms with Crippen molar-refractivity contribution in [2.24, 2.45) is 5.92 Å². The van der Waals surface area contributed by atoms with Crippen LogP contribution in [0.25, 0.3) is 0 Å². The Hall–Kier alpha value is -1.80. The van der Waals surface area contributed by atoms with Crippen molar-refractivity contribution in [1.29, 1.82) is 0 Å². The highest BCUT2D eigenvalue weighted by molar-refractivity contribution is 6.30. The molecule has 2 aromatic rings. The van der Waals surface area contributed by atoms with Crippen molar-refractivity contribution in [1.82, 2.24) is 5.32 Å². The summed E-state index contributed by atoms with van der Waals surface area (Å²) in [5, 5.41) is 3.83. The monoisotopic (exact) mass is 301 g/mol. The van der Waals surface area contributed by atoms with E-state index in [0.717, 1.165) is 17.5 Å². The number of carbonyl (C=O) groups is 1. The summed E-state index contributed by atoms with van der Waals surface area (Å²) in [5.74, 6) is 0.0739. The average Bonchev–Trinajstić information content (AvgIpc) is 2.53. The summed E-state index contributed by atoms with van der Waals surface area (Å²) < 4.78 is 0. The van der Waals surface area contributed by atoms with Crippen LogP contribution in [0, 0.1) is 5.92 Å². The first-order chi connectivity index (χ1) is 10.1. The lowest BCUT2D eigenvalue weighted by atomic mass is 9.97. The van der Waals surface area contributed by atoms with Gasteiger partial charge in [0.25, 0.3) is 0 Å². The van der Waals surface area contributed by atoms with Crippen LogP contribution in [0.1, 0.15) is 37.4 Å². The van der Waals surface area contributed by atoms with Crippen molar-refractivity contribution < 1.29 is 4.79 Å². The predicted molar refractivity (Wildman–Crippen MR) is 87.3 cm³/mol. The highest BCUT2D eigenvalue weighted by Crippen LogP contribution is 2.24. The number of benzene rings is 2. The molecule has 1 amide bonds. The maximum absolute atomic E-state index is 12.3. The Kier molecular flexibility index (Phi) is 5.40. The second-order valence-electron chi connectivity index (χ2n) is 5.21. The van der Waals surface area contributed by atoms with Gasteiger partial charge in [-0.15, -0.1) is 0 Å². The standard InChI is InChI=1S/C18H20ClNO/c1-3-13(2)18(21)20-17(14-7-5-4-6-8-14)15-9-11-16(19)12-10-15/h4-13,17H,3H2,1-2H3,(H,20,21). The van der Waals surface area contributed by atoms with Crippen LogP contribution in [0.3, 0.4) is 0 Å². The quantitative estimate of drug-likeness (QED) is 0.859. The molecule has 0 heterocycles. The molecular formula is C18H20ClNO. The van der Waals surface area contributed by atoms with Crippen LogP contribution < -0.4 is 5.32 Å². The second kappa shape index (κ2) is 7.28. The fraction of sp³-hybridized carbons (Fsp3) is 0.278. The zero-order chi connectivity index (χ0) is 15.2. The molecule has 0 bridgehead atoms. The van der Waals surface area contributed by atoms with E-state index in [1.54, 1.807) is 0 Å². The lowest BCUT2D eigenvalue weighted by Crippen LogP contribution is -2.33. The highest BCUT2D eigenvalue weighted by atomic mass is 35.5. The number of amides is 1. The molecule has 2 atom stereocenters. The van der Waals surface area contributed by atoms with E-state index in [1.165, 1.54) is 0 Å². The van der Waals surface area contributed by atoms with E-state index in [9.17, 15) is 4.79 Å². The van der Waals surface area contributed by atoms with Crippen LogP contribution in [0.15, 0.2) is 54.6 Å². The van der Waals surface area contributed by atoms with E-state index < -0.39 is 0 Å². The van der Waals surface area contributed by atoms with Gasteiger partial charge in [-0.1, -0.05) is 67.9 Å². The molecule has 0 spiro atoms. The third-order valence-corrected chi connectivity index (χ3v) is 3.93. The Morgan fingerprint density at radius 2 is 1.62 bits per heavy atom. The molecule has 0 aliphatic rings. The minimum Gasteiger partial charge on any atom is -0.345 e. The van der Waals surface area contributed by atoms with Gasteiger partial charge in [0.15, 0.2) is 0 Å². The van der Waals surface area contributed by atoms with Crippen LogP contribution >= 0.6 is 11.6 Å². The molecule has 110 valence electrons. The largest absolute Gasteiger partial charge is 0.345 e. The first-order valence-corrected chi connectivity index (χ1v) is 7.60. The van der Waals surface area contributed by atoms with E-state index in [-0.39, 0.29) is 17.9 Å². The zero-order valence-electron chi connectivity index (χ0n) is 12.3. The van der Waals surface area contributed by atoms with Gasteiger partial charge in [0.1, 0.15) is 0 Å².